The molecule has 0 fully saturated rings. The van der Waals surface area contributed by atoms with E-state index in [0.717, 1.165) is 0 Å². The summed E-state index contributed by atoms with van der Waals surface area (Å²) in [5, 5.41) is 11.8. The van der Waals surface area contributed by atoms with Gasteiger partial charge in [0.05, 0.1) is 6.61 Å². The largest absolute Gasteiger partial charge is 0.395 e. The number of carbonyl (C=O) groups excluding carboxylic acids is 1. The third-order valence-corrected chi connectivity index (χ3v) is 3.30. The zero-order valence-electron chi connectivity index (χ0n) is 9.11. The van der Waals surface area contributed by atoms with Crippen LogP contribution >= 0.6 is 11.8 Å². The first kappa shape index (κ1) is 13.7. The highest BCUT2D eigenvalue weighted by molar-refractivity contribution is 7.99. The van der Waals surface area contributed by atoms with E-state index >= 15 is 0 Å². The first-order chi connectivity index (χ1) is 6.56. The number of carbonyl (C=O) groups is 1. The van der Waals surface area contributed by atoms with E-state index in [1.165, 1.54) is 18.9 Å². The standard InChI is InChI=1S/C9H19NO3S/c1-6(8(5-11)14-4)10-9(12)7(2)13-3/h6-8,11H,5H2,1-4H3,(H,10,12). The maximum atomic E-state index is 11.4. The van der Waals surface area contributed by atoms with Gasteiger partial charge in [0.15, 0.2) is 0 Å². The smallest absolute Gasteiger partial charge is 0.249 e. The van der Waals surface area contributed by atoms with E-state index in [4.69, 9.17) is 9.84 Å². The number of hydrogen-bond acceptors (Lipinski definition) is 4. The van der Waals surface area contributed by atoms with Gasteiger partial charge in [-0.2, -0.15) is 11.8 Å². The molecule has 0 aromatic heterocycles. The van der Waals surface area contributed by atoms with Crippen LogP contribution in [0.25, 0.3) is 0 Å². The molecule has 0 aliphatic carbocycles. The van der Waals surface area contributed by atoms with Crippen LogP contribution in [0.2, 0.25) is 0 Å². The lowest BCUT2D eigenvalue weighted by molar-refractivity contribution is -0.130. The summed E-state index contributed by atoms with van der Waals surface area (Å²) in [6, 6.07) is -0.0555. The molecule has 14 heavy (non-hydrogen) atoms. The summed E-state index contributed by atoms with van der Waals surface area (Å²) in [5.41, 5.74) is 0. The molecule has 0 radical (unpaired) electrons. The van der Waals surface area contributed by atoms with Crippen molar-refractivity contribution in [1.82, 2.24) is 5.32 Å². The Hall–Kier alpha value is -0.260. The van der Waals surface area contributed by atoms with E-state index in [-0.39, 0.29) is 23.8 Å². The minimum absolute atomic E-state index is 0.0306. The number of ether oxygens (including phenoxy) is 1. The van der Waals surface area contributed by atoms with Crippen molar-refractivity contribution in [2.24, 2.45) is 0 Å². The van der Waals surface area contributed by atoms with Gasteiger partial charge in [-0.15, -0.1) is 0 Å². The Kier molecular flexibility index (Phi) is 6.96. The fourth-order valence-corrected chi connectivity index (χ4v) is 1.60. The van der Waals surface area contributed by atoms with Crippen LogP contribution in [0, 0.1) is 0 Å². The van der Waals surface area contributed by atoms with Gasteiger partial charge in [0.25, 0.3) is 0 Å². The highest BCUT2D eigenvalue weighted by Gasteiger charge is 2.20. The third-order valence-electron chi connectivity index (χ3n) is 2.13. The van der Waals surface area contributed by atoms with Crippen molar-refractivity contribution in [3.8, 4) is 0 Å². The van der Waals surface area contributed by atoms with Crippen molar-refractivity contribution >= 4 is 17.7 Å². The summed E-state index contributed by atoms with van der Waals surface area (Å²) in [4.78, 5) is 11.4. The number of nitrogens with one attached hydrogen (secondary N) is 1. The minimum atomic E-state index is -0.446. The van der Waals surface area contributed by atoms with Gasteiger partial charge in [0, 0.05) is 18.4 Å². The average Bonchev–Trinajstić information content (AvgIpc) is 2.18. The molecule has 0 bridgehead atoms. The first-order valence-corrected chi connectivity index (χ1v) is 5.82. The van der Waals surface area contributed by atoms with Gasteiger partial charge in [0.1, 0.15) is 6.10 Å². The van der Waals surface area contributed by atoms with Crippen LogP contribution < -0.4 is 5.32 Å². The second-order valence-corrected chi connectivity index (χ2v) is 4.21. The monoisotopic (exact) mass is 221 g/mol. The zero-order chi connectivity index (χ0) is 11.1. The van der Waals surface area contributed by atoms with Gasteiger partial charge in [-0.3, -0.25) is 4.79 Å². The van der Waals surface area contributed by atoms with Crippen LogP contribution in [-0.4, -0.2) is 48.4 Å². The van der Waals surface area contributed by atoms with Gasteiger partial charge in [-0.1, -0.05) is 0 Å². The molecule has 0 heterocycles. The van der Waals surface area contributed by atoms with Gasteiger partial charge in [-0.05, 0) is 20.1 Å². The number of thioether (sulfide) groups is 1. The van der Waals surface area contributed by atoms with E-state index in [9.17, 15) is 4.79 Å². The Labute approximate surface area is 89.4 Å². The molecule has 84 valence electrons. The lowest BCUT2D eigenvalue weighted by Gasteiger charge is -2.22. The van der Waals surface area contributed by atoms with Crippen molar-refractivity contribution < 1.29 is 14.6 Å². The normalized spacial score (nSPS) is 17.2. The van der Waals surface area contributed by atoms with Crippen LogP contribution in [0.4, 0.5) is 0 Å². The molecule has 0 saturated carbocycles. The van der Waals surface area contributed by atoms with E-state index in [0.29, 0.717) is 0 Å². The summed E-state index contributed by atoms with van der Waals surface area (Å²) >= 11 is 1.53. The second kappa shape index (κ2) is 7.09. The number of rotatable bonds is 6. The van der Waals surface area contributed by atoms with Gasteiger partial charge in [-0.25, -0.2) is 0 Å². The fourth-order valence-electron chi connectivity index (χ4n) is 0.979. The molecular formula is C9H19NO3S. The Bertz CT molecular complexity index is 173. The zero-order valence-corrected chi connectivity index (χ0v) is 9.93. The topological polar surface area (TPSA) is 58.6 Å². The Morgan fingerprint density at radius 3 is 2.50 bits per heavy atom. The highest BCUT2D eigenvalue weighted by Crippen LogP contribution is 2.10. The van der Waals surface area contributed by atoms with Crippen LogP contribution in [-0.2, 0) is 9.53 Å². The molecule has 0 aliphatic heterocycles. The van der Waals surface area contributed by atoms with Crippen LogP contribution in [0.5, 0.6) is 0 Å². The van der Waals surface area contributed by atoms with E-state index in [1.54, 1.807) is 6.92 Å². The SMILES string of the molecule is COC(C)C(=O)NC(C)C(CO)SC. The number of aliphatic hydroxyl groups excluding tert-OH is 1. The Balaban J connectivity index is 4.03. The maximum absolute atomic E-state index is 11.4. The lowest BCUT2D eigenvalue weighted by atomic mass is 10.2. The summed E-state index contributed by atoms with van der Waals surface area (Å²) in [6.45, 7) is 3.62. The fraction of sp³-hybridized carbons (Fsp3) is 0.889. The average molecular weight is 221 g/mol. The molecule has 0 aromatic rings. The molecule has 3 atom stereocenters. The highest BCUT2D eigenvalue weighted by atomic mass is 32.2. The van der Waals surface area contributed by atoms with E-state index < -0.39 is 6.10 Å². The summed E-state index contributed by atoms with van der Waals surface area (Å²) in [6.07, 6.45) is 1.46. The van der Waals surface area contributed by atoms with Crippen molar-refractivity contribution in [3.63, 3.8) is 0 Å². The molecule has 0 spiro atoms. The van der Waals surface area contributed by atoms with Crippen molar-refractivity contribution in [2.45, 2.75) is 31.2 Å². The molecular weight excluding hydrogens is 202 g/mol. The number of aliphatic hydroxyl groups is 1. The summed E-state index contributed by atoms with van der Waals surface area (Å²) in [5.74, 6) is -0.146. The molecule has 2 N–H and O–H groups in total. The Morgan fingerprint density at radius 1 is 1.57 bits per heavy atom. The molecule has 3 unspecified atom stereocenters. The van der Waals surface area contributed by atoms with Gasteiger partial charge >= 0.3 is 0 Å². The van der Waals surface area contributed by atoms with Crippen LogP contribution in [0.15, 0.2) is 0 Å². The molecule has 0 aromatic carbocycles. The predicted molar refractivity (Wildman–Crippen MR) is 58.5 cm³/mol. The van der Waals surface area contributed by atoms with Crippen LogP contribution in [0.1, 0.15) is 13.8 Å². The molecule has 5 heteroatoms. The number of amides is 1. The van der Waals surface area contributed by atoms with Gasteiger partial charge in [0.2, 0.25) is 5.91 Å². The van der Waals surface area contributed by atoms with Crippen LogP contribution in [0.3, 0.4) is 0 Å². The Morgan fingerprint density at radius 2 is 2.14 bits per heavy atom. The third kappa shape index (κ3) is 4.30. The maximum Gasteiger partial charge on any atom is 0.249 e. The second-order valence-electron chi connectivity index (χ2n) is 3.13. The van der Waals surface area contributed by atoms with E-state index in [2.05, 4.69) is 5.32 Å². The molecule has 4 nitrogen and oxygen atoms in total. The first-order valence-electron chi connectivity index (χ1n) is 4.53. The predicted octanol–water partition coefficient (Wildman–Crippen LogP) is 0.250. The molecule has 1 amide bonds. The van der Waals surface area contributed by atoms with Crippen molar-refractivity contribution in [1.29, 1.82) is 0 Å². The number of hydrogen-bond donors (Lipinski definition) is 2. The number of methoxy groups -OCH3 is 1. The lowest BCUT2D eigenvalue weighted by Crippen LogP contribution is -2.45. The molecule has 0 aliphatic rings. The summed E-state index contributed by atoms with van der Waals surface area (Å²) < 4.78 is 4.88. The van der Waals surface area contributed by atoms with E-state index in [1.807, 2.05) is 13.2 Å². The quantitative estimate of drug-likeness (QED) is 0.675. The van der Waals surface area contributed by atoms with Gasteiger partial charge < -0.3 is 15.2 Å². The summed E-state index contributed by atoms with van der Waals surface area (Å²) in [7, 11) is 1.49. The minimum Gasteiger partial charge on any atom is -0.395 e. The molecule has 0 rings (SSSR count). The van der Waals surface area contributed by atoms with Crippen molar-refractivity contribution in [3.05, 3.63) is 0 Å². The molecule has 0 saturated heterocycles. The van der Waals surface area contributed by atoms with Crippen molar-refractivity contribution in [2.75, 3.05) is 20.0 Å².